The Morgan fingerprint density at radius 3 is 2.34 bits per heavy atom. The van der Waals surface area contributed by atoms with Gasteiger partial charge in [-0.05, 0) is 38.0 Å². The fourth-order valence-electron chi connectivity index (χ4n) is 3.60. The second-order valence-corrected chi connectivity index (χ2v) is 9.57. The average molecular weight is 495 g/mol. The zero-order chi connectivity index (χ0) is 25.0. The first-order valence-electron chi connectivity index (χ1n) is 10.9. The molecule has 10 heteroatoms. The Kier molecular flexibility index (Phi) is 7.25. The van der Waals surface area contributed by atoms with E-state index in [2.05, 4.69) is 15.1 Å². The standard InChI is InChI=1S/C25H26N4O5S/c1-17-6-5-7-22(20-8-10-21(11-9-20)23-12-13-26-16-27-23)24(17)35(30,31)29(33-15-14-32-4)25-18(2)19(3)28-34-25/h5-13,16H,14-15H2,1-4H3. The molecule has 4 rings (SSSR count). The highest BCUT2D eigenvalue weighted by Crippen LogP contribution is 2.36. The predicted molar refractivity (Wildman–Crippen MR) is 131 cm³/mol. The summed E-state index contributed by atoms with van der Waals surface area (Å²) in [4.78, 5) is 14.0. The van der Waals surface area contributed by atoms with Gasteiger partial charge in [0.1, 0.15) is 11.2 Å². The Morgan fingerprint density at radius 1 is 0.971 bits per heavy atom. The second kappa shape index (κ2) is 10.3. The van der Waals surface area contributed by atoms with Crippen LogP contribution in [0.2, 0.25) is 0 Å². The number of sulfonamides is 1. The first-order valence-corrected chi connectivity index (χ1v) is 12.3. The molecule has 0 unspecified atom stereocenters. The molecule has 0 amide bonds. The van der Waals surface area contributed by atoms with Crippen LogP contribution in [0, 0.1) is 20.8 Å². The van der Waals surface area contributed by atoms with Crippen LogP contribution in [-0.2, 0) is 19.6 Å². The van der Waals surface area contributed by atoms with Crippen molar-refractivity contribution in [2.75, 3.05) is 24.8 Å². The number of benzene rings is 2. The second-order valence-electron chi connectivity index (χ2n) is 7.88. The smallest absolute Gasteiger partial charge is 0.290 e. The van der Waals surface area contributed by atoms with E-state index in [9.17, 15) is 8.42 Å². The van der Waals surface area contributed by atoms with Gasteiger partial charge in [-0.3, -0.25) is 4.84 Å². The third-order valence-corrected chi connectivity index (χ3v) is 7.32. The molecule has 2 aromatic heterocycles. The Balaban J connectivity index is 1.80. The van der Waals surface area contributed by atoms with Gasteiger partial charge in [0.05, 0.1) is 24.6 Å². The lowest BCUT2D eigenvalue weighted by Gasteiger charge is -2.23. The Labute approximate surface area is 204 Å². The molecule has 0 aliphatic rings. The van der Waals surface area contributed by atoms with Crippen LogP contribution in [0.5, 0.6) is 0 Å². The SMILES string of the molecule is COCCON(c1onc(C)c1C)S(=O)(=O)c1c(C)cccc1-c1ccc(-c2ccncn2)cc1. The molecule has 35 heavy (non-hydrogen) atoms. The lowest BCUT2D eigenvalue weighted by Crippen LogP contribution is -2.33. The largest absolute Gasteiger partial charge is 0.382 e. The number of aromatic nitrogens is 3. The molecular formula is C25H26N4O5S. The Morgan fingerprint density at radius 2 is 1.71 bits per heavy atom. The molecule has 9 nitrogen and oxygen atoms in total. The summed E-state index contributed by atoms with van der Waals surface area (Å²) < 4.78 is 39.3. The normalized spacial score (nSPS) is 11.5. The summed E-state index contributed by atoms with van der Waals surface area (Å²) in [6.07, 6.45) is 3.16. The topological polar surface area (TPSA) is 108 Å². The average Bonchev–Trinajstić information content (AvgIpc) is 3.19. The summed E-state index contributed by atoms with van der Waals surface area (Å²) in [5.41, 5.74) is 4.64. The summed E-state index contributed by atoms with van der Waals surface area (Å²) in [7, 11) is -2.70. The fourth-order valence-corrected chi connectivity index (χ4v) is 5.31. The predicted octanol–water partition coefficient (Wildman–Crippen LogP) is 4.50. The van der Waals surface area contributed by atoms with Crippen LogP contribution >= 0.6 is 0 Å². The zero-order valence-electron chi connectivity index (χ0n) is 19.9. The molecule has 0 fully saturated rings. The van der Waals surface area contributed by atoms with E-state index >= 15 is 0 Å². The van der Waals surface area contributed by atoms with Gasteiger partial charge in [-0.25, -0.2) is 9.97 Å². The minimum Gasteiger partial charge on any atom is -0.382 e. The van der Waals surface area contributed by atoms with Crippen molar-refractivity contribution in [2.24, 2.45) is 0 Å². The molecule has 182 valence electrons. The van der Waals surface area contributed by atoms with Crippen molar-refractivity contribution >= 4 is 15.9 Å². The van der Waals surface area contributed by atoms with Gasteiger partial charge in [-0.15, -0.1) is 4.47 Å². The molecule has 2 heterocycles. The number of methoxy groups -OCH3 is 1. The van der Waals surface area contributed by atoms with Crippen LogP contribution in [0.1, 0.15) is 16.8 Å². The molecular weight excluding hydrogens is 468 g/mol. The third kappa shape index (κ3) is 4.95. The Bertz CT molecular complexity index is 1400. The summed E-state index contributed by atoms with van der Waals surface area (Å²) in [6.45, 7) is 5.42. The summed E-state index contributed by atoms with van der Waals surface area (Å²) >= 11 is 0. The lowest BCUT2D eigenvalue weighted by molar-refractivity contribution is 0.0727. The molecule has 0 saturated carbocycles. The zero-order valence-corrected chi connectivity index (χ0v) is 20.7. The van der Waals surface area contributed by atoms with Crippen LogP contribution in [0.25, 0.3) is 22.4 Å². The quantitative estimate of drug-likeness (QED) is 0.247. The van der Waals surface area contributed by atoms with Gasteiger partial charge in [0, 0.05) is 30.0 Å². The van der Waals surface area contributed by atoms with E-state index < -0.39 is 10.0 Å². The van der Waals surface area contributed by atoms with Crippen LogP contribution < -0.4 is 4.47 Å². The van der Waals surface area contributed by atoms with Gasteiger partial charge in [-0.1, -0.05) is 47.6 Å². The van der Waals surface area contributed by atoms with E-state index in [0.29, 0.717) is 22.4 Å². The molecule has 0 bridgehead atoms. The summed E-state index contributed by atoms with van der Waals surface area (Å²) in [6, 6.07) is 14.7. The molecule has 0 aliphatic carbocycles. The van der Waals surface area contributed by atoms with Crippen molar-refractivity contribution in [1.82, 2.24) is 15.1 Å². The van der Waals surface area contributed by atoms with Crippen molar-refractivity contribution in [3.8, 4) is 22.4 Å². The minimum atomic E-state index is -4.21. The highest BCUT2D eigenvalue weighted by atomic mass is 32.2. The van der Waals surface area contributed by atoms with E-state index in [1.54, 1.807) is 39.1 Å². The molecule has 0 spiro atoms. The number of ether oxygens (including phenoxy) is 1. The van der Waals surface area contributed by atoms with Crippen molar-refractivity contribution in [2.45, 2.75) is 25.7 Å². The first-order chi connectivity index (χ1) is 16.8. The van der Waals surface area contributed by atoms with Crippen LogP contribution in [0.3, 0.4) is 0 Å². The maximum atomic E-state index is 14.0. The van der Waals surface area contributed by atoms with Crippen LogP contribution in [-0.4, -0.2) is 43.9 Å². The molecule has 4 aromatic rings. The highest BCUT2D eigenvalue weighted by Gasteiger charge is 2.34. The molecule has 0 aliphatic heterocycles. The first kappa shape index (κ1) is 24.5. The van der Waals surface area contributed by atoms with Gasteiger partial charge in [0.25, 0.3) is 15.9 Å². The maximum Gasteiger partial charge on any atom is 0.290 e. The van der Waals surface area contributed by atoms with Crippen molar-refractivity contribution in [3.63, 3.8) is 0 Å². The molecule has 0 saturated heterocycles. The molecule has 0 atom stereocenters. The number of nitrogens with zero attached hydrogens (tertiary/aromatic N) is 4. The van der Waals surface area contributed by atoms with Gasteiger partial charge in [0.15, 0.2) is 0 Å². The minimum absolute atomic E-state index is 0.00373. The monoisotopic (exact) mass is 494 g/mol. The Hall–Kier alpha value is -3.60. The molecule has 0 N–H and O–H groups in total. The number of hydrogen-bond donors (Lipinski definition) is 0. The number of rotatable bonds is 9. The molecule has 0 radical (unpaired) electrons. The summed E-state index contributed by atoms with van der Waals surface area (Å²) in [5, 5.41) is 3.91. The van der Waals surface area contributed by atoms with E-state index in [-0.39, 0.29) is 24.0 Å². The van der Waals surface area contributed by atoms with Crippen LogP contribution in [0.4, 0.5) is 5.88 Å². The van der Waals surface area contributed by atoms with Crippen LogP contribution in [0.15, 0.2) is 70.5 Å². The number of aryl methyl sites for hydroxylation is 2. The lowest BCUT2D eigenvalue weighted by atomic mass is 10.0. The summed E-state index contributed by atoms with van der Waals surface area (Å²) in [5.74, 6) is 0.00640. The van der Waals surface area contributed by atoms with Gasteiger partial charge >= 0.3 is 0 Å². The van der Waals surface area contributed by atoms with Gasteiger partial charge < -0.3 is 9.26 Å². The van der Waals surface area contributed by atoms with Crippen molar-refractivity contribution in [1.29, 1.82) is 0 Å². The van der Waals surface area contributed by atoms with E-state index in [1.165, 1.54) is 13.4 Å². The van der Waals surface area contributed by atoms with Crippen molar-refractivity contribution in [3.05, 3.63) is 77.9 Å². The van der Waals surface area contributed by atoms with E-state index in [1.807, 2.05) is 36.4 Å². The van der Waals surface area contributed by atoms with Gasteiger partial charge in [-0.2, -0.15) is 8.42 Å². The third-order valence-electron chi connectivity index (χ3n) is 5.56. The number of anilines is 1. The van der Waals surface area contributed by atoms with E-state index in [0.717, 1.165) is 21.3 Å². The highest BCUT2D eigenvalue weighted by molar-refractivity contribution is 7.92. The number of hydrogen-bond acceptors (Lipinski definition) is 8. The fraction of sp³-hybridized carbons (Fsp3) is 0.240. The van der Waals surface area contributed by atoms with Crippen molar-refractivity contribution < 1.29 is 22.5 Å². The van der Waals surface area contributed by atoms with E-state index in [4.69, 9.17) is 14.1 Å². The maximum absolute atomic E-state index is 14.0. The molecule has 2 aromatic carbocycles. The van der Waals surface area contributed by atoms with Gasteiger partial charge in [0.2, 0.25) is 0 Å².